The number of anilines is 1. The monoisotopic (exact) mass is 385 g/mol. The molecule has 1 aromatic carbocycles. The van der Waals surface area contributed by atoms with Gasteiger partial charge in [-0.15, -0.1) is 23.1 Å². The number of thioether (sulfide) groups is 1. The van der Waals surface area contributed by atoms with Gasteiger partial charge in [0.1, 0.15) is 5.00 Å². The van der Waals surface area contributed by atoms with E-state index in [1.807, 2.05) is 31.2 Å². The number of carbonyl (C=O) groups is 2. The summed E-state index contributed by atoms with van der Waals surface area (Å²) in [6.07, 6.45) is 0. The number of benzene rings is 1. The molecule has 0 bridgehead atoms. The molecule has 0 atom stereocenters. The molecule has 7 heteroatoms. The lowest BCUT2D eigenvalue weighted by Crippen LogP contribution is -2.15. The number of hydrogen-bond acceptors (Lipinski definition) is 4. The lowest BCUT2D eigenvalue weighted by Gasteiger charge is -2.04. The maximum absolute atomic E-state index is 11.9. The summed E-state index contributed by atoms with van der Waals surface area (Å²) in [5.41, 5.74) is 0.138. The Hall–Kier alpha value is -1.31. The van der Waals surface area contributed by atoms with Gasteiger partial charge in [0, 0.05) is 14.2 Å². The van der Waals surface area contributed by atoms with Crippen LogP contribution in [-0.2, 0) is 4.79 Å². The van der Waals surface area contributed by atoms with E-state index in [-0.39, 0.29) is 17.2 Å². The number of hydrogen-bond donors (Lipinski definition) is 2. The van der Waals surface area contributed by atoms with Crippen LogP contribution in [0.2, 0.25) is 0 Å². The smallest absolute Gasteiger partial charge is 0.338 e. The molecule has 0 aliphatic carbocycles. The zero-order valence-electron chi connectivity index (χ0n) is 11.1. The van der Waals surface area contributed by atoms with Crippen LogP contribution in [0.1, 0.15) is 15.2 Å². The van der Waals surface area contributed by atoms with E-state index in [9.17, 15) is 9.59 Å². The van der Waals surface area contributed by atoms with Crippen molar-refractivity contribution in [3.8, 4) is 0 Å². The molecule has 1 amide bonds. The molecule has 0 radical (unpaired) electrons. The largest absolute Gasteiger partial charge is 0.478 e. The topological polar surface area (TPSA) is 66.4 Å². The van der Waals surface area contributed by atoms with E-state index in [0.717, 1.165) is 14.2 Å². The molecule has 0 saturated heterocycles. The number of amides is 1. The third-order valence-electron chi connectivity index (χ3n) is 2.52. The number of carbonyl (C=O) groups excluding carboxylic acids is 1. The van der Waals surface area contributed by atoms with Gasteiger partial charge in [0.2, 0.25) is 5.91 Å². The van der Waals surface area contributed by atoms with Gasteiger partial charge in [0.05, 0.1) is 11.3 Å². The van der Waals surface area contributed by atoms with E-state index in [4.69, 9.17) is 5.11 Å². The maximum Gasteiger partial charge on any atom is 0.338 e. The van der Waals surface area contributed by atoms with Crippen LogP contribution in [0.15, 0.2) is 39.7 Å². The highest BCUT2D eigenvalue weighted by atomic mass is 79.9. The van der Waals surface area contributed by atoms with E-state index < -0.39 is 5.97 Å². The van der Waals surface area contributed by atoms with Gasteiger partial charge in [-0.05, 0) is 37.3 Å². The molecule has 2 rings (SSSR count). The normalized spacial score (nSPS) is 10.4. The molecular formula is C14H12BrNO3S2. The molecule has 0 saturated carbocycles. The van der Waals surface area contributed by atoms with Gasteiger partial charge < -0.3 is 10.4 Å². The Bertz CT molecular complexity index is 667. The van der Waals surface area contributed by atoms with Crippen LogP contribution in [-0.4, -0.2) is 22.7 Å². The van der Waals surface area contributed by atoms with Crippen LogP contribution < -0.4 is 5.32 Å². The summed E-state index contributed by atoms with van der Waals surface area (Å²) >= 11 is 6.02. The minimum atomic E-state index is -1.03. The van der Waals surface area contributed by atoms with E-state index >= 15 is 0 Å². The van der Waals surface area contributed by atoms with Crippen LogP contribution in [0.4, 0.5) is 5.00 Å². The first-order valence-corrected chi connectivity index (χ1v) is 8.57. The highest BCUT2D eigenvalue weighted by molar-refractivity contribution is 9.10. The van der Waals surface area contributed by atoms with Gasteiger partial charge >= 0.3 is 5.97 Å². The molecule has 110 valence electrons. The van der Waals surface area contributed by atoms with Crippen molar-refractivity contribution < 1.29 is 14.7 Å². The molecule has 0 aliphatic heterocycles. The number of nitrogens with one attached hydrogen (secondary N) is 1. The Kier molecular flexibility index (Phi) is 5.44. The summed E-state index contributed by atoms with van der Waals surface area (Å²) in [6, 6.07) is 9.21. The predicted molar refractivity (Wildman–Crippen MR) is 89.5 cm³/mol. The van der Waals surface area contributed by atoms with E-state index in [1.54, 1.807) is 6.07 Å². The quantitative estimate of drug-likeness (QED) is 0.754. The molecule has 2 N–H and O–H groups in total. The lowest BCUT2D eigenvalue weighted by atomic mass is 10.3. The predicted octanol–water partition coefficient (Wildman–Crippen LogP) is 4.25. The third-order valence-corrected chi connectivity index (χ3v) is 5.03. The van der Waals surface area contributed by atoms with Crippen molar-refractivity contribution in [3.05, 3.63) is 45.2 Å². The summed E-state index contributed by atoms with van der Waals surface area (Å²) in [4.78, 5) is 24.8. The SMILES string of the molecule is Cc1cc(C(=O)O)c(NC(=O)CSc2ccc(Br)cc2)s1. The highest BCUT2D eigenvalue weighted by Crippen LogP contribution is 2.28. The van der Waals surface area contributed by atoms with Crippen LogP contribution >= 0.6 is 39.0 Å². The van der Waals surface area contributed by atoms with Crippen molar-refractivity contribution in [1.82, 2.24) is 0 Å². The molecule has 0 aliphatic rings. The Balaban J connectivity index is 1.96. The average Bonchev–Trinajstić information content (AvgIpc) is 2.79. The zero-order valence-corrected chi connectivity index (χ0v) is 14.3. The first kappa shape index (κ1) is 16.1. The number of rotatable bonds is 5. The van der Waals surface area contributed by atoms with E-state index in [0.29, 0.717) is 5.00 Å². The van der Waals surface area contributed by atoms with E-state index in [1.165, 1.54) is 23.1 Å². The second-order valence-corrected chi connectivity index (χ2v) is 7.42. The van der Waals surface area contributed by atoms with Gasteiger partial charge in [-0.1, -0.05) is 15.9 Å². The number of halogens is 1. The Morgan fingerprint density at radius 2 is 2.00 bits per heavy atom. The standard InChI is InChI=1S/C14H12BrNO3S2/c1-8-6-11(14(18)19)13(21-8)16-12(17)7-20-10-4-2-9(15)3-5-10/h2-6H,7H2,1H3,(H,16,17)(H,18,19). The summed E-state index contributed by atoms with van der Waals surface area (Å²) < 4.78 is 0.983. The van der Waals surface area contributed by atoms with Crippen LogP contribution in [0.25, 0.3) is 0 Å². The van der Waals surface area contributed by atoms with Gasteiger partial charge in [0.15, 0.2) is 0 Å². The molecule has 4 nitrogen and oxygen atoms in total. The van der Waals surface area contributed by atoms with E-state index in [2.05, 4.69) is 21.2 Å². The minimum absolute atomic E-state index is 0.138. The molecule has 0 unspecified atom stereocenters. The zero-order chi connectivity index (χ0) is 15.4. The fourth-order valence-corrected chi connectivity index (χ4v) is 3.49. The van der Waals surface area contributed by atoms with Gasteiger partial charge in [-0.3, -0.25) is 4.79 Å². The number of aromatic carboxylic acids is 1. The van der Waals surface area contributed by atoms with Crippen molar-refractivity contribution in [3.63, 3.8) is 0 Å². The number of thiophene rings is 1. The Morgan fingerprint density at radius 1 is 1.33 bits per heavy atom. The Labute approximate surface area is 138 Å². The summed E-state index contributed by atoms with van der Waals surface area (Å²) in [7, 11) is 0. The fraction of sp³-hybridized carbons (Fsp3) is 0.143. The molecule has 21 heavy (non-hydrogen) atoms. The van der Waals surface area contributed by atoms with Crippen LogP contribution in [0.5, 0.6) is 0 Å². The van der Waals surface area contributed by atoms with Crippen LogP contribution in [0.3, 0.4) is 0 Å². The molecule has 2 aromatic rings. The van der Waals surface area contributed by atoms with Crippen molar-refractivity contribution in [2.24, 2.45) is 0 Å². The maximum atomic E-state index is 11.9. The molecule has 0 fully saturated rings. The van der Waals surface area contributed by atoms with Gasteiger partial charge in [-0.25, -0.2) is 4.79 Å². The lowest BCUT2D eigenvalue weighted by molar-refractivity contribution is -0.113. The molecular weight excluding hydrogens is 374 g/mol. The second kappa shape index (κ2) is 7.11. The van der Waals surface area contributed by atoms with Crippen molar-refractivity contribution in [1.29, 1.82) is 0 Å². The highest BCUT2D eigenvalue weighted by Gasteiger charge is 2.15. The number of aryl methyl sites for hydroxylation is 1. The van der Waals surface area contributed by atoms with Crippen LogP contribution in [0, 0.1) is 6.92 Å². The third kappa shape index (κ3) is 4.59. The molecule has 1 aromatic heterocycles. The average molecular weight is 386 g/mol. The summed E-state index contributed by atoms with van der Waals surface area (Å²) in [5.74, 6) is -1.01. The van der Waals surface area contributed by atoms with Crippen molar-refractivity contribution >= 4 is 55.9 Å². The molecule has 0 spiro atoms. The first-order chi connectivity index (χ1) is 9.95. The minimum Gasteiger partial charge on any atom is -0.478 e. The number of carboxylic acid groups (broad SMARTS) is 1. The summed E-state index contributed by atoms with van der Waals surface area (Å²) in [5, 5.41) is 12.1. The van der Waals surface area contributed by atoms with Gasteiger partial charge in [0.25, 0.3) is 0 Å². The number of carboxylic acids is 1. The van der Waals surface area contributed by atoms with Crippen molar-refractivity contribution in [2.75, 3.05) is 11.1 Å². The fourth-order valence-electron chi connectivity index (χ4n) is 1.61. The van der Waals surface area contributed by atoms with Crippen molar-refractivity contribution in [2.45, 2.75) is 11.8 Å². The Morgan fingerprint density at radius 3 is 2.62 bits per heavy atom. The second-order valence-electron chi connectivity index (χ2n) is 4.20. The molecule has 1 heterocycles. The summed E-state index contributed by atoms with van der Waals surface area (Å²) in [6.45, 7) is 1.81. The first-order valence-electron chi connectivity index (χ1n) is 5.97. The van der Waals surface area contributed by atoms with Gasteiger partial charge in [-0.2, -0.15) is 0 Å².